The molecule has 2 aromatic carbocycles. The van der Waals surface area contributed by atoms with Crippen molar-refractivity contribution in [3.63, 3.8) is 0 Å². The molecule has 0 aliphatic rings. The van der Waals surface area contributed by atoms with Gasteiger partial charge in [-0.15, -0.1) is 0 Å². The van der Waals surface area contributed by atoms with Gasteiger partial charge in [0, 0.05) is 17.2 Å². The molecule has 3 nitrogen and oxygen atoms in total. The van der Waals surface area contributed by atoms with Crippen LogP contribution in [-0.2, 0) is 4.74 Å². The van der Waals surface area contributed by atoms with E-state index in [1.54, 1.807) is 48.5 Å². The SMILES string of the molecule is CCCO/C(=C\C(=O)c1ccccc1)C(=O)c1ccccc1. The number of carbonyl (C=O) groups excluding carboxylic acids is 2. The van der Waals surface area contributed by atoms with E-state index >= 15 is 0 Å². The van der Waals surface area contributed by atoms with E-state index in [2.05, 4.69) is 0 Å². The Labute approximate surface area is 130 Å². The maximum absolute atomic E-state index is 12.5. The lowest BCUT2D eigenvalue weighted by atomic mass is 10.1. The molecule has 0 aromatic heterocycles. The zero-order valence-corrected chi connectivity index (χ0v) is 12.5. The number of carbonyl (C=O) groups is 2. The maximum Gasteiger partial charge on any atom is 0.227 e. The molecule has 2 aromatic rings. The Morgan fingerprint density at radius 2 is 1.45 bits per heavy atom. The van der Waals surface area contributed by atoms with Crippen molar-refractivity contribution in [2.24, 2.45) is 0 Å². The van der Waals surface area contributed by atoms with Crippen LogP contribution < -0.4 is 0 Å². The standard InChI is InChI=1S/C19H18O3/c1-2-13-22-18(19(21)16-11-7-4-8-12-16)14-17(20)15-9-5-3-6-10-15/h3-12,14H,2,13H2,1H3/b18-14-. The van der Waals surface area contributed by atoms with Crippen molar-refractivity contribution < 1.29 is 14.3 Å². The lowest BCUT2D eigenvalue weighted by molar-refractivity contribution is 0.0902. The van der Waals surface area contributed by atoms with Crippen LogP contribution in [0.2, 0.25) is 0 Å². The maximum atomic E-state index is 12.5. The molecule has 0 saturated carbocycles. The summed E-state index contributed by atoms with van der Waals surface area (Å²) in [5.41, 5.74) is 1.03. The van der Waals surface area contributed by atoms with Gasteiger partial charge in [-0.3, -0.25) is 9.59 Å². The fourth-order valence-corrected chi connectivity index (χ4v) is 1.92. The highest BCUT2D eigenvalue weighted by Gasteiger charge is 2.15. The topological polar surface area (TPSA) is 43.4 Å². The van der Waals surface area contributed by atoms with Gasteiger partial charge in [0.25, 0.3) is 0 Å². The largest absolute Gasteiger partial charge is 0.489 e. The fraction of sp³-hybridized carbons (Fsp3) is 0.158. The van der Waals surface area contributed by atoms with Crippen LogP contribution in [0.25, 0.3) is 0 Å². The molecular formula is C19H18O3. The van der Waals surface area contributed by atoms with E-state index in [4.69, 9.17) is 4.74 Å². The molecule has 0 spiro atoms. The number of ether oxygens (including phenoxy) is 1. The van der Waals surface area contributed by atoms with E-state index in [0.29, 0.717) is 17.7 Å². The molecule has 0 radical (unpaired) electrons. The normalized spacial score (nSPS) is 11.0. The Kier molecular flexibility index (Phi) is 5.66. The van der Waals surface area contributed by atoms with E-state index in [1.165, 1.54) is 6.08 Å². The molecule has 112 valence electrons. The Morgan fingerprint density at radius 3 is 2.00 bits per heavy atom. The second kappa shape index (κ2) is 7.93. The highest BCUT2D eigenvalue weighted by Crippen LogP contribution is 2.12. The van der Waals surface area contributed by atoms with Gasteiger partial charge in [0.15, 0.2) is 11.5 Å². The highest BCUT2D eigenvalue weighted by atomic mass is 16.5. The number of ketones is 2. The van der Waals surface area contributed by atoms with Crippen LogP contribution in [0.5, 0.6) is 0 Å². The summed E-state index contributed by atoms with van der Waals surface area (Å²) in [6.45, 7) is 2.34. The summed E-state index contributed by atoms with van der Waals surface area (Å²) in [6.07, 6.45) is 2.04. The van der Waals surface area contributed by atoms with E-state index in [1.807, 2.05) is 19.1 Å². The molecule has 0 unspecified atom stereocenters. The third-order valence-electron chi connectivity index (χ3n) is 3.04. The number of hydrogen-bond donors (Lipinski definition) is 0. The first-order valence-corrected chi connectivity index (χ1v) is 7.26. The molecule has 0 N–H and O–H groups in total. The summed E-state index contributed by atoms with van der Waals surface area (Å²) < 4.78 is 5.49. The zero-order chi connectivity index (χ0) is 15.8. The van der Waals surface area contributed by atoms with E-state index in [-0.39, 0.29) is 17.3 Å². The molecule has 0 aliphatic heterocycles. The lowest BCUT2D eigenvalue weighted by Gasteiger charge is -2.08. The summed E-state index contributed by atoms with van der Waals surface area (Å²) >= 11 is 0. The summed E-state index contributed by atoms with van der Waals surface area (Å²) in [5, 5.41) is 0. The minimum atomic E-state index is -0.279. The van der Waals surface area contributed by atoms with Crippen molar-refractivity contribution in [2.75, 3.05) is 6.61 Å². The van der Waals surface area contributed by atoms with Crippen molar-refractivity contribution in [1.82, 2.24) is 0 Å². The Hall–Kier alpha value is -2.68. The summed E-state index contributed by atoms with van der Waals surface area (Å²) in [5.74, 6) is -0.434. The molecule has 0 bridgehead atoms. The molecule has 0 atom stereocenters. The number of allylic oxidation sites excluding steroid dienone is 2. The predicted octanol–water partition coefficient (Wildman–Crippen LogP) is 4.06. The minimum absolute atomic E-state index is 0.0851. The van der Waals surface area contributed by atoms with Gasteiger partial charge in [-0.25, -0.2) is 0 Å². The van der Waals surface area contributed by atoms with Crippen LogP contribution in [0.15, 0.2) is 72.5 Å². The van der Waals surface area contributed by atoms with Crippen molar-refractivity contribution in [1.29, 1.82) is 0 Å². The summed E-state index contributed by atoms with van der Waals surface area (Å²) in [4.78, 5) is 24.7. The average molecular weight is 294 g/mol. The molecule has 0 fully saturated rings. The first kappa shape index (κ1) is 15.7. The number of benzene rings is 2. The van der Waals surface area contributed by atoms with Crippen LogP contribution in [0.3, 0.4) is 0 Å². The highest BCUT2D eigenvalue weighted by molar-refractivity contribution is 6.13. The lowest BCUT2D eigenvalue weighted by Crippen LogP contribution is -2.10. The Bertz CT molecular complexity index is 658. The molecule has 0 aliphatic carbocycles. The smallest absolute Gasteiger partial charge is 0.227 e. The van der Waals surface area contributed by atoms with E-state index in [0.717, 1.165) is 6.42 Å². The van der Waals surface area contributed by atoms with E-state index < -0.39 is 0 Å². The molecular weight excluding hydrogens is 276 g/mol. The summed E-state index contributed by atoms with van der Waals surface area (Å²) in [6, 6.07) is 17.6. The van der Waals surface area contributed by atoms with Gasteiger partial charge in [0.05, 0.1) is 6.61 Å². The van der Waals surface area contributed by atoms with Gasteiger partial charge in [0.1, 0.15) is 0 Å². The van der Waals surface area contributed by atoms with Gasteiger partial charge in [-0.1, -0.05) is 67.6 Å². The first-order chi connectivity index (χ1) is 10.7. The third-order valence-corrected chi connectivity index (χ3v) is 3.04. The predicted molar refractivity (Wildman–Crippen MR) is 85.9 cm³/mol. The van der Waals surface area contributed by atoms with Crippen LogP contribution in [0, 0.1) is 0 Å². The second-order valence-corrected chi connectivity index (χ2v) is 4.78. The Morgan fingerprint density at radius 1 is 0.909 bits per heavy atom. The fourth-order valence-electron chi connectivity index (χ4n) is 1.92. The third kappa shape index (κ3) is 4.16. The molecule has 22 heavy (non-hydrogen) atoms. The number of Topliss-reactive ketones (excluding diaryl/α,β-unsaturated/α-hetero) is 1. The van der Waals surface area contributed by atoms with Crippen molar-refractivity contribution in [3.8, 4) is 0 Å². The van der Waals surface area contributed by atoms with Gasteiger partial charge in [0.2, 0.25) is 5.78 Å². The van der Waals surface area contributed by atoms with Crippen molar-refractivity contribution in [2.45, 2.75) is 13.3 Å². The van der Waals surface area contributed by atoms with Crippen molar-refractivity contribution in [3.05, 3.63) is 83.6 Å². The van der Waals surface area contributed by atoms with Gasteiger partial charge in [-0.05, 0) is 6.42 Å². The van der Waals surface area contributed by atoms with Crippen LogP contribution in [0.1, 0.15) is 34.1 Å². The first-order valence-electron chi connectivity index (χ1n) is 7.26. The summed E-state index contributed by atoms with van der Waals surface area (Å²) in [7, 11) is 0. The van der Waals surface area contributed by atoms with Crippen LogP contribution in [0.4, 0.5) is 0 Å². The molecule has 2 rings (SSSR count). The number of hydrogen-bond acceptors (Lipinski definition) is 3. The van der Waals surface area contributed by atoms with Crippen molar-refractivity contribution >= 4 is 11.6 Å². The van der Waals surface area contributed by atoms with Crippen LogP contribution >= 0.6 is 0 Å². The second-order valence-electron chi connectivity index (χ2n) is 4.78. The van der Waals surface area contributed by atoms with E-state index in [9.17, 15) is 9.59 Å². The Balaban J connectivity index is 2.27. The minimum Gasteiger partial charge on any atom is -0.489 e. The monoisotopic (exact) mass is 294 g/mol. The molecule has 0 amide bonds. The molecule has 0 saturated heterocycles. The average Bonchev–Trinajstić information content (AvgIpc) is 2.59. The zero-order valence-electron chi connectivity index (χ0n) is 12.5. The number of rotatable bonds is 7. The quantitative estimate of drug-likeness (QED) is 0.439. The van der Waals surface area contributed by atoms with Gasteiger partial charge >= 0.3 is 0 Å². The van der Waals surface area contributed by atoms with Gasteiger partial charge in [-0.2, -0.15) is 0 Å². The molecule has 3 heteroatoms. The van der Waals surface area contributed by atoms with Gasteiger partial charge < -0.3 is 4.74 Å². The molecule has 0 heterocycles. The van der Waals surface area contributed by atoms with Crippen LogP contribution in [-0.4, -0.2) is 18.2 Å².